The molecule has 2 aliphatic carbocycles. The fourth-order valence-corrected chi connectivity index (χ4v) is 4.33. The van der Waals surface area contributed by atoms with Crippen molar-refractivity contribution in [3.05, 3.63) is 35.3 Å². The predicted octanol–water partition coefficient (Wildman–Crippen LogP) is 3.36. The first kappa shape index (κ1) is 17.0. The molecule has 130 valence electrons. The average Bonchev–Trinajstić information content (AvgIpc) is 2.94. The van der Waals surface area contributed by atoms with E-state index < -0.39 is 24.1 Å². The molecule has 1 N–H and O–H groups in total. The standard InChI is InChI=1S/C19H24O5/c1-10(8-20)18(22)24-17-14-11(2)9-23-16(14)15(21)13-7-5-6-12(3)19(13,17)4/h9,12-13,17,20H,1,5-8H2,2-4H3/t12-,13-,17+,19+/m0/s1. The van der Waals surface area contributed by atoms with Gasteiger partial charge in [-0.15, -0.1) is 0 Å². The van der Waals surface area contributed by atoms with Crippen LogP contribution in [-0.4, -0.2) is 23.5 Å². The maximum absolute atomic E-state index is 12.9. The molecule has 2 aliphatic rings. The van der Waals surface area contributed by atoms with Gasteiger partial charge in [-0.05, 0) is 31.2 Å². The number of carbonyl (C=O) groups is 2. The van der Waals surface area contributed by atoms with Crippen LogP contribution in [0, 0.1) is 24.2 Å². The van der Waals surface area contributed by atoms with Gasteiger partial charge in [0.2, 0.25) is 5.78 Å². The topological polar surface area (TPSA) is 76.7 Å². The summed E-state index contributed by atoms with van der Waals surface area (Å²) in [5.74, 6) is -0.291. The lowest BCUT2D eigenvalue weighted by Gasteiger charge is -2.51. The van der Waals surface area contributed by atoms with E-state index in [4.69, 9.17) is 14.3 Å². The molecule has 0 radical (unpaired) electrons. The van der Waals surface area contributed by atoms with Crippen molar-refractivity contribution in [2.24, 2.45) is 17.3 Å². The third-order valence-electron chi connectivity index (χ3n) is 6.04. The number of ether oxygens (including phenoxy) is 1. The summed E-state index contributed by atoms with van der Waals surface area (Å²) in [5, 5.41) is 9.16. The number of hydrogen-bond donors (Lipinski definition) is 1. The van der Waals surface area contributed by atoms with Crippen LogP contribution in [0.4, 0.5) is 0 Å². The van der Waals surface area contributed by atoms with Crippen LogP contribution in [0.3, 0.4) is 0 Å². The van der Waals surface area contributed by atoms with Gasteiger partial charge in [-0.3, -0.25) is 4.79 Å². The third kappa shape index (κ3) is 2.25. The molecule has 5 heteroatoms. The lowest BCUT2D eigenvalue weighted by atomic mass is 9.54. The maximum Gasteiger partial charge on any atom is 0.336 e. The largest absolute Gasteiger partial charge is 0.461 e. The van der Waals surface area contributed by atoms with E-state index in [0.717, 1.165) is 24.8 Å². The summed E-state index contributed by atoms with van der Waals surface area (Å²) in [4.78, 5) is 25.2. The molecule has 0 spiro atoms. The molecule has 0 unspecified atom stereocenters. The maximum atomic E-state index is 12.9. The van der Waals surface area contributed by atoms with Gasteiger partial charge in [0.1, 0.15) is 6.10 Å². The van der Waals surface area contributed by atoms with Crippen molar-refractivity contribution in [1.82, 2.24) is 0 Å². The van der Waals surface area contributed by atoms with E-state index in [2.05, 4.69) is 13.5 Å². The lowest BCUT2D eigenvalue weighted by molar-refractivity contribution is -0.161. The number of hydrogen-bond acceptors (Lipinski definition) is 5. The van der Waals surface area contributed by atoms with Crippen LogP contribution < -0.4 is 0 Å². The molecule has 1 aromatic heterocycles. The third-order valence-corrected chi connectivity index (χ3v) is 6.04. The van der Waals surface area contributed by atoms with Crippen LogP contribution in [0.2, 0.25) is 0 Å². The first-order valence-electron chi connectivity index (χ1n) is 8.44. The number of Topliss-reactive ketones (excluding diaryl/α,β-unsaturated/α-hetero) is 1. The Bertz CT molecular complexity index is 701. The van der Waals surface area contributed by atoms with Gasteiger partial charge in [-0.2, -0.15) is 0 Å². The Kier molecular flexibility index (Phi) is 4.16. The first-order valence-corrected chi connectivity index (χ1v) is 8.44. The van der Waals surface area contributed by atoms with Gasteiger partial charge in [0.25, 0.3) is 0 Å². The molecule has 0 saturated heterocycles. The number of ketones is 1. The summed E-state index contributed by atoms with van der Waals surface area (Å²) in [6.07, 6.45) is 3.72. The van der Waals surface area contributed by atoms with E-state index >= 15 is 0 Å². The molecule has 1 fully saturated rings. The Balaban J connectivity index is 2.12. The van der Waals surface area contributed by atoms with Gasteiger partial charge in [0.05, 0.1) is 18.4 Å². The molecule has 0 aliphatic heterocycles. The summed E-state index contributed by atoms with van der Waals surface area (Å²) in [5.41, 5.74) is 1.01. The monoisotopic (exact) mass is 332 g/mol. The van der Waals surface area contributed by atoms with E-state index in [1.54, 1.807) is 6.26 Å². The Morgan fingerprint density at radius 1 is 1.50 bits per heavy atom. The molecule has 1 heterocycles. The van der Waals surface area contributed by atoms with Crippen molar-refractivity contribution in [2.45, 2.75) is 46.1 Å². The normalized spacial score (nSPS) is 32.0. The van der Waals surface area contributed by atoms with Gasteiger partial charge in [-0.1, -0.05) is 26.8 Å². The second kappa shape index (κ2) is 5.88. The number of aliphatic hydroxyl groups excluding tert-OH is 1. The Morgan fingerprint density at radius 2 is 2.21 bits per heavy atom. The van der Waals surface area contributed by atoms with Crippen LogP contribution in [0.25, 0.3) is 0 Å². The second-order valence-electron chi connectivity index (χ2n) is 7.32. The predicted molar refractivity (Wildman–Crippen MR) is 87.4 cm³/mol. The van der Waals surface area contributed by atoms with E-state index in [-0.39, 0.29) is 23.2 Å². The van der Waals surface area contributed by atoms with Crippen molar-refractivity contribution in [3.63, 3.8) is 0 Å². The Labute approximate surface area is 141 Å². The molecule has 4 atom stereocenters. The van der Waals surface area contributed by atoms with Crippen molar-refractivity contribution in [1.29, 1.82) is 0 Å². The smallest absolute Gasteiger partial charge is 0.336 e. The Morgan fingerprint density at radius 3 is 2.88 bits per heavy atom. The zero-order valence-corrected chi connectivity index (χ0v) is 14.4. The molecular formula is C19H24O5. The highest BCUT2D eigenvalue weighted by Crippen LogP contribution is 2.59. The van der Waals surface area contributed by atoms with Crippen LogP contribution in [0.1, 0.15) is 60.9 Å². The van der Waals surface area contributed by atoms with Gasteiger partial charge < -0.3 is 14.3 Å². The number of aryl methyl sites for hydroxylation is 1. The summed E-state index contributed by atoms with van der Waals surface area (Å²) in [7, 11) is 0. The molecule has 1 aromatic rings. The van der Waals surface area contributed by atoms with E-state index in [1.165, 1.54) is 0 Å². The highest BCUT2D eigenvalue weighted by atomic mass is 16.5. The van der Waals surface area contributed by atoms with E-state index in [0.29, 0.717) is 11.3 Å². The van der Waals surface area contributed by atoms with Crippen LogP contribution in [0.15, 0.2) is 22.8 Å². The summed E-state index contributed by atoms with van der Waals surface area (Å²) in [6, 6.07) is 0. The van der Waals surface area contributed by atoms with E-state index in [1.807, 2.05) is 13.8 Å². The molecule has 0 bridgehead atoms. The van der Waals surface area contributed by atoms with Gasteiger partial charge >= 0.3 is 5.97 Å². The van der Waals surface area contributed by atoms with Gasteiger partial charge in [-0.25, -0.2) is 4.79 Å². The van der Waals surface area contributed by atoms with Gasteiger partial charge in [0, 0.05) is 16.9 Å². The first-order chi connectivity index (χ1) is 11.3. The summed E-state index contributed by atoms with van der Waals surface area (Å²) in [6.45, 7) is 9.11. The minimum atomic E-state index is -0.624. The van der Waals surface area contributed by atoms with Gasteiger partial charge in [0.15, 0.2) is 5.76 Å². The SMILES string of the molecule is C=C(CO)C(=O)O[C@@H]1c2c(C)coc2C(=O)[C@@H]2CCC[C@H](C)[C@@]12C. The molecule has 0 amide bonds. The summed E-state index contributed by atoms with van der Waals surface area (Å²) >= 11 is 0. The number of rotatable bonds is 3. The minimum absolute atomic E-state index is 0.0122. The molecule has 1 saturated carbocycles. The zero-order chi connectivity index (χ0) is 17.6. The molecule has 0 aromatic carbocycles. The fraction of sp³-hybridized carbons (Fsp3) is 0.579. The van der Waals surface area contributed by atoms with Crippen LogP contribution in [-0.2, 0) is 9.53 Å². The highest BCUT2D eigenvalue weighted by Gasteiger charge is 2.58. The average molecular weight is 332 g/mol. The van der Waals surface area contributed by atoms with E-state index in [9.17, 15) is 9.59 Å². The molecule has 3 rings (SSSR count). The fourth-order valence-electron chi connectivity index (χ4n) is 4.33. The van der Waals surface area contributed by atoms with Crippen molar-refractivity contribution in [3.8, 4) is 0 Å². The number of furan rings is 1. The molecule has 24 heavy (non-hydrogen) atoms. The number of carbonyl (C=O) groups excluding carboxylic acids is 2. The Hall–Kier alpha value is -1.88. The number of esters is 1. The molecular weight excluding hydrogens is 308 g/mol. The zero-order valence-electron chi connectivity index (χ0n) is 14.4. The van der Waals surface area contributed by atoms with Crippen molar-refractivity contribution in [2.75, 3.05) is 6.61 Å². The number of aliphatic hydroxyl groups is 1. The quantitative estimate of drug-likeness (QED) is 0.678. The van der Waals surface area contributed by atoms with Crippen molar-refractivity contribution >= 4 is 11.8 Å². The van der Waals surface area contributed by atoms with Crippen LogP contribution in [0.5, 0.6) is 0 Å². The minimum Gasteiger partial charge on any atom is -0.461 e. The molecule has 5 nitrogen and oxygen atoms in total. The lowest BCUT2D eigenvalue weighted by Crippen LogP contribution is -2.50. The second-order valence-corrected chi connectivity index (χ2v) is 7.32. The van der Waals surface area contributed by atoms with Crippen molar-refractivity contribution < 1.29 is 23.8 Å². The van der Waals surface area contributed by atoms with Crippen LogP contribution >= 0.6 is 0 Å². The highest BCUT2D eigenvalue weighted by molar-refractivity contribution is 5.99. The summed E-state index contributed by atoms with van der Waals surface area (Å²) < 4.78 is 11.3. The number of fused-ring (bicyclic) bond motifs is 2.